The smallest absolute Gasteiger partial charge is 0.870 e. The van der Waals surface area contributed by atoms with Crippen molar-refractivity contribution in [2.75, 3.05) is 89.9 Å². The molecule has 0 amide bonds. The number of rotatable bonds is 4. The fourth-order valence-corrected chi connectivity index (χ4v) is 5.91. The summed E-state index contributed by atoms with van der Waals surface area (Å²) in [5, 5.41) is 8.24. The van der Waals surface area contributed by atoms with Gasteiger partial charge in [0.15, 0.2) is 23.0 Å². The SMILES string of the molecule is C#Cc1cccc(Nc2ncnc3cc4c(cc23)OCCOCCOCCO4)c1.C#Cc1cccc(Nc2ncnc3cc4c(cc23)OCCOCCOCCO4)c1.Cl.[K+].[OH-]. The Bertz CT molecular complexity index is 2250. The molecule has 0 spiro atoms. The first-order valence-electron chi connectivity index (χ1n) is 18.7. The predicted octanol–water partition coefficient (Wildman–Crippen LogP) is 3.57. The van der Waals surface area contributed by atoms with Crippen LogP contribution in [0.2, 0.25) is 0 Å². The van der Waals surface area contributed by atoms with Crippen molar-refractivity contribution in [3.8, 4) is 47.7 Å². The Kier molecular flexibility index (Phi) is 20.7. The molecule has 0 aliphatic carbocycles. The molecule has 2 aromatic heterocycles. The fourth-order valence-electron chi connectivity index (χ4n) is 5.91. The second-order valence-corrected chi connectivity index (χ2v) is 12.6. The van der Waals surface area contributed by atoms with Gasteiger partial charge in [-0.2, -0.15) is 0 Å². The number of fused-ring (bicyclic) bond motifs is 4. The minimum atomic E-state index is 0. The molecule has 2 aliphatic rings. The number of nitrogens with zero attached hydrogens (tertiary/aromatic N) is 4. The van der Waals surface area contributed by atoms with Crippen LogP contribution < -0.4 is 81.0 Å². The third-order valence-electron chi connectivity index (χ3n) is 8.67. The minimum Gasteiger partial charge on any atom is -0.870 e. The fraction of sp³-hybridized carbons (Fsp3) is 0.273. The van der Waals surface area contributed by atoms with Gasteiger partial charge >= 0.3 is 51.4 Å². The van der Waals surface area contributed by atoms with Gasteiger partial charge in [-0.3, -0.25) is 0 Å². The molecule has 4 heterocycles. The van der Waals surface area contributed by atoms with Crippen LogP contribution in [0.5, 0.6) is 23.0 Å². The largest absolute Gasteiger partial charge is 1.00 e. The number of halogens is 1. The molecule has 15 nitrogen and oxygen atoms in total. The van der Waals surface area contributed by atoms with E-state index in [1.54, 1.807) is 0 Å². The summed E-state index contributed by atoms with van der Waals surface area (Å²) in [6.45, 7) is 5.67. The van der Waals surface area contributed by atoms with E-state index in [9.17, 15) is 0 Å². The third-order valence-corrected chi connectivity index (χ3v) is 8.67. The van der Waals surface area contributed by atoms with E-state index >= 15 is 0 Å². The van der Waals surface area contributed by atoms with Crippen molar-refractivity contribution >= 4 is 57.2 Å². The molecule has 0 radical (unpaired) electrons. The summed E-state index contributed by atoms with van der Waals surface area (Å²) in [5.41, 5.74) is 4.74. The number of benzene rings is 4. The number of anilines is 4. The number of hydrogen-bond acceptors (Lipinski definition) is 15. The topological polar surface area (TPSA) is 179 Å². The Morgan fingerprint density at radius 2 is 0.803 bits per heavy atom. The van der Waals surface area contributed by atoms with Gasteiger partial charge in [0.2, 0.25) is 0 Å². The minimum absolute atomic E-state index is 0. The average molecular weight is 875 g/mol. The van der Waals surface area contributed by atoms with Gasteiger partial charge in [0.1, 0.15) is 50.7 Å². The summed E-state index contributed by atoms with van der Waals surface area (Å²) in [7, 11) is 0. The number of aromatic nitrogens is 4. The van der Waals surface area contributed by atoms with Gasteiger partial charge in [-0.1, -0.05) is 24.0 Å². The maximum Gasteiger partial charge on any atom is 1.00 e. The molecule has 17 heteroatoms. The van der Waals surface area contributed by atoms with E-state index in [4.69, 9.17) is 50.7 Å². The van der Waals surface area contributed by atoms with E-state index in [0.717, 1.165) is 44.3 Å². The molecule has 0 saturated carbocycles. The molecular weight excluding hydrogens is 831 g/mol. The average Bonchev–Trinajstić information content (AvgIpc) is 3.24. The molecule has 0 atom stereocenters. The maximum absolute atomic E-state index is 5.91. The van der Waals surface area contributed by atoms with E-state index in [-0.39, 0.29) is 69.3 Å². The summed E-state index contributed by atoms with van der Waals surface area (Å²) in [6, 6.07) is 22.6. The van der Waals surface area contributed by atoms with Crippen LogP contribution in [-0.2, 0) is 18.9 Å². The normalized spacial score (nSPS) is 14.3. The zero-order chi connectivity index (χ0) is 39.8. The number of nitrogens with one attached hydrogen (secondary N) is 2. The van der Waals surface area contributed by atoms with Gasteiger partial charge in [0.05, 0.1) is 63.9 Å². The quantitative estimate of drug-likeness (QED) is 0.194. The van der Waals surface area contributed by atoms with E-state index in [0.29, 0.717) is 114 Å². The number of ether oxygens (including phenoxy) is 8. The predicted molar refractivity (Wildman–Crippen MR) is 229 cm³/mol. The van der Waals surface area contributed by atoms with Gasteiger partial charge in [0, 0.05) is 45.4 Å². The first-order valence-corrected chi connectivity index (χ1v) is 18.7. The Morgan fingerprint density at radius 3 is 1.16 bits per heavy atom. The first kappa shape index (κ1) is 48.9. The Balaban J connectivity index is 0.000000256. The maximum atomic E-state index is 5.91. The molecular formula is C44H44ClKN6O9. The zero-order valence-electron chi connectivity index (χ0n) is 33.6. The molecule has 2 aliphatic heterocycles. The molecule has 0 saturated heterocycles. The van der Waals surface area contributed by atoms with Crippen LogP contribution >= 0.6 is 12.4 Å². The van der Waals surface area contributed by atoms with Crippen LogP contribution in [0.1, 0.15) is 11.1 Å². The van der Waals surface area contributed by atoms with Crippen molar-refractivity contribution in [2.45, 2.75) is 0 Å². The first-order chi connectivity index (χ1) is 28.7. The van der Waals surface area contributed by atoms with E-state index in [1.807, 2.05) is 72.8 Å². The van der Waals surface area contributed by atoms with Crippen LogP contribution in [-0.4, -0.2) is 105 Å². The van der Waals surface area contributed by atoms with Crippen LogP contribution in [0.3, 0.4) is 0 Å². The summed E-state index contributed by atoms with van der Waals surface area (Å²) >= 11 is 0. The second kappa shape index (κ2) is 25.9. The molecule has 61 heavy (non-hydrogen) atoms. The standard InChI is InChI=1S/2C22H21N3O4.ClH.K.H2O/c2*1-2-16-4-3-5-17(12-16)25-22-18-13-20-21(14-19(18)23-15-24-22)29-11-9-27-7-6-26-8-10-28-20;;;/h2*1,3-5,12-15H,6-11H2,(H,23,24,25);1H;;1H2/q;;;+1;/p-1. The van der Waals surface area contributed by atoms with Gasteiger partial charge in [0.25, 0.3) is 0 Å². The zero-order valence-corrected chi connectivity index (χ0v) is 37.6. The molecule has 4 aromatic carbocycles. The summed E-state index contributed by atoms with van der Waals surface area (Å²) in [6.07, 6.45) is 14.0. The van der Waals surface area contributed by atoms with Crippen molar-refractivity contribution in [1.29, 1.82) is 0 Å². The second-order valence-electron chi connectivity index (χ2n) is 12.6. The molecule has 0 fully saturated rings. The van der Waals surface area contributed by atoms with Crippen LogP contribution in [0, 0.1) is 24.7 Å². The monoisotopic (exact) mass is 874 g/mol. The summed E-state index contributed by atoms with van der Waals surface area (Å²) in [5.74, 6) is 9.01. The van der Waals surface area contributed by atoms with Gasteiger partial charge < -0.3 is 54.0 Å². The van der Waals surface area contributed by atoms with Crippen molar-refractivity contribution in [1.82, 2.24) is 19.9 Å². The third kappa shape index (κ3) is 14.1. The van der Waals surface area contributed by atoms with Gasteiger partial charge in [-0.05, 0) is 48.5 Å². The van der Waals surface area contributed by atoms with Crippen molar-refractivity contribution < 1.29 is 94.8 Å². The van der Waals surface area contributed by atoms with Gasteiger partial charge in [-0.15, -0.1) is 25.3 Å². The van der Waals surface area contributed by atoms with Crippen LogP contribution in [0.4, 0.5) is 23.0 Å². The molecule has 3 N–H and O–H groups in total. The summed E-state index contributed by atoms with van der Waals surface area (Å²) in [4.78, 5) is 17.5. The van der Waals surface area contributed by atoms with Crippen LogP contribution in [0.15, 0.2) is 85.5 Å². The Morgan fingerprint density at radius 1 is 0.459 bits per heavy atom. The molecule has 8 rings (SSSR count). The van der Waals surface area contributed by atoms with E-state index < -0.39 is 0 Å². The van der Waals surface area contributed by atoms with E-state index in [1.165, 1.54) is 12.7 Å². The van der Waals surface area contributed by atoms with Gasteiger partial charge in [-0.25, -0.2) is 19.9 Å². The van der Waals surface area contributed by atoms with Crippen molar-refractivity contribution in [3.05, 3.63) is 96.6 Å². The Labute approximate surface area is 402 Å². The number of terminal acetylenes is 2. The Hall–Kier alpha value is -4.79. The van der Waals surface area contributed by atoms with Crippen molar-refractivity contribution in [3.63, 3.8) is 0 Å². The van der Waals surface area contributed by atoms with Crippen molar-refractivity contribution in [2.24, 2.45) is 0 Å². The van der Waals surface area contributed by atoms with E-state index in [2.05, 4.69) is 42.4 Å². The molecule has 312 valence electrons. The van der Waals surface area contributed by atoms with Crippen LogP contribution in [0.25, 0.3) is 21.8 Å². The molecule has 0 bridgehead atoms. The number of hydrogen-bond donors (Lipinski definition) is 2. The summed E-state index contributed by atoms with van der Waals surface area (Å²) < 4.78 is 45.5. The molecule has 0 unspecified atom stereocenters. The molecule has 6 aromatic rings.